The van der Waals surface area contributed by atoms with E-state index in [0.29, 0.717) is 9.49 Å². The average Bonchev–Trinajstić information content (AvgIpc) is 2.66. The first-order valence-corrected chi connectivity index (χ1v) is 13.5. The Labute approximate surface area is 190 Å². The van der Waals surface area contributed by atoms with E-state index in [1.165, 1.54) is 46.8 Å². The Morgan fingerprint density at radius 1 is 0.935 bits per heavy atom. The summed E-state index contributed by atoms with van der Waals surface area (Å²) in [5, 5.41) is 11.5. The fourth-order valence-electron chi connectivity index (χ4n) is 4.51. The van der Waals surface area contributed by atoms with Crippen LogP contribution in [0.3, 0.4) is 0 Å². The molecule has 166 valence electrons. The number of halogens is 3. The molecule has 0 aromatic heterocycles. The summed E-state index contributed by atoms with van der Waals surface area (Å²) in [7, 11) is 0. The normalized spacial score (nSPS) is 19.0. The maximum atomic E-state index is 14.0. The Kier molecular flexibility index (Phi) is 6.89. The summed E-state index contributed by atoms with van der Waals surface area (Å²) < 4.78 is 30.0. The van der Waals surface area contributed by atoms with E-state index in [1.807, 2.05) is 12.1 Å². The third-order valence-electron chi connectivity index (χ3n) is 5.97. The van der Waals surface area contributed by atoms with Crippen LogP contribution in [0.1, 0.15) is 79.9 Å². The SMILES string of the molecule is O=C(Nc1cc(F)c(C(=O)O)c(F)c1)c1cc2c3c(c1)CCCC[I-]C3CCCCC2. The number of carboxylic acid groups (broad SMARTS) is 1. The molecule has 2 aromatic carbocycles. The molecule has 4 rings (SSSR count). The second-order valence-electron chi connectivity index (χ2n) is 8.15. The molecule has 4 nitrogen and oxygen atoms in total. The zero-order valence-corrected chi connectivity index (χ0v) is 19.3. The first-order valence-electron chi connectivity index (χ1n) is 10.7. The quantitative estimate of drug-likeness (QED) is 0.465. The molecule has 1 atom stereocenters. The Morgan fingerprint density at radius 2 is 1.58 bits per heavy atom. The van der Waals surface area contributed by atoms with Crippen molar-refractivity contribution in [2.45, 2.75) is 55.3 Å². The van der Waals surface area contributed by atoms with Crippen LogP contribution in [-0.2, 0) is 12.8 Å². The van der Waals surface area contributed by atoms with Crippen molar-refractivity contribution in [3.8, 4) is 0 Å². The van der Waals surface area contributed by atoms with Gasteiger partial charge in [-0.1, -0.05) is 0 Å². The van der Waals surface area contributed by atoms with Crippen LogP contribution in [0.15, 0.2) is 24.3 Å². The monoisotopic (exact) mass is 540 g/mol. The summed E-state index contributed by atoms with van der Waals surface area (Å²) in [6.45, 7) is 0. The van der Waals surface area contributed by atoms with E-state index >= 15 is 0 Å². The number of anilines is 1. The van der Waals surface area contributed by atoms with Crippen molar-refractivity contribution in [2.24, 2.45) is 0 Å². The topological polar surface area (TPSA) is 66.4 Å². The van der Waals surface area contributed by atoms with Crippen LogP contribution in [0.4, 0.5) is 14.5 Å². The van der Waals surface area contributed by atoms with Crippen molar-refractivity contribution in [3.05, 3.63) is 63.7 Å². The van der Waals surface area contributed by atoms with Gasteiger partial charge in [0, 0.05) is 0 Å². The first kappa shape index (κ1) is 22.2. The zero-order valence-electron chi connectivity index (χ0n) is 17.1. The second-order valence-corrected chi connectivity index (χ2v) is 11.6. The molecule has 0 radical (unpaired) electrons. The molecule has 0 bridgehead atoms. The Balaban J connectivity index is 1.67. The van der Waals surface area contributed by atoms with Gasteiger partial charge in [0.15, 0.2) is 0 Å². The molecular weight excluding hydrogens is 515 g/mol. The van der Waals surface area contributed by atoms with Crippen molar-refractivity contribution in [2.75, 3.05) is 9.74 Å². The molecule has 0 saturated carbocycles. The van der Waals surface area contributed by atoms with E-state index in [2.05, 4.69) is 5.32 Å². The Morgan fingerprint density at radius 3 is 2.23 bits per heavy atom. The Bertz CT molecular complexity index is 966. The fraction of sp³-hybridized carbons (Fsp3) is 0.417. The minimum absolute atomic E-state index is 0.0943. The van der Waals surface area contributed by atoms with Crippen LogP contribution in [-0.4, -0.2) is 21.4 Å². The summed E-state index contributed by atoms with van der Waals surface area (Å²) in [6.07, 6.45) is 9.11. The summed E-state index contributed by atoms with van der Waals surface area (Å²) in [5.41, 5.74) is 3.37. The van der Waals surface area contributed by atoms with Crippen molar-refractivity contribution < 1.29 is 44.7 Å². The molecule has 2 aliphatic rings. The molecule has 0 fully saturated rings. The number of alkyl halides is 2. The van der Waals surface area contributed by atoms with Crippen LogP contribution >= 0.6 is 0 Å². The fourth-order valence-corrected chi connectivity index (χ4v) is 8.36. The maximum absolute atomic E-state index is 14.0. The molecule has 1 aliphatic heterocycles. The number of benzene rings is 2. The van der Waals surface area contributed by atoms with Gasteiger partial charge in [-0.2, -0.15) is 0 Å². The number of carboxylic acids is 1. The zero-order chi connectivity index (χ0) is 22.0. The van der Waals surface area contributed by atoms with Gasteiger partial charge >= 0.3 is 181 Å². The van der Waals surface area contributed by atoms with E-state index in [1.54, 1.807) is 0 Å². The number of aromatic carboxylic acids is 1. The number of hydrogen-bond acceptors (Lipinski definition) is 2. The number of amides is 1. The van der Waals surface area contributed by atoms with Gasteiger partial charge in [0.1, 0.15) is 0 Å². The van der Waals surface area contributed by atoms with E-state index in [-0.39, 0.29) is 26.9 Å². The molecule has 7 heteroatoms. The van der Waals surface area contributed by atoms with Crippen LogP contribution in [0.5, 0.6) is 0 Å². The van der Waals surface area contributed by atoms with Crippen LogP contribution < -0.4 is 26.5 Å². The third-order valence-corrected chi connectivity index (χ3v) is 9.66. The number of rotatable bonds is 3. The molecule has 1 aliphatic carbocycles. The molecule has 2 aromatic rings. The van der Waals surface area contributed by atoms with Gasteiger partial charge in [-0.05, 0) is 0 Å². The van der Waals surface area contributed by atoms with Gasteiger partial charge in [0.05, 0.1) is 0 Å². The number of nitrogens with one attached hydrogen (secondary N) is 1. The standard InChI is InChI=1S/C24H25F2INO3/c25-18-12-17(13-19(26)22(18)24(30)31)28-23(29)16-10-14-6-2-1-3-8-20-21(14)15(11-16)7-4-5-9-27-20/h10-13,20H,1-9H2,(H,28,29)(H,30,31)/q-1. The van der Waals surface area contributed by atoms with Gasteiger partial charge in [-0.15, -0.1) is 0 Å². The van der Waals surface area contributed by atoms with Crippen molar-refractivity contribution >= 4 is 17.6 Å². The third kappa shape index (κ3) is 4.91. The predicted molar refractivity (Wildman–Crippen MR) is 110 cm³/mol. The van der Waals surface area contributed by atoms with E-state index in [9.17, 15) is 18.4 Å². The molecule has 31 heavy (non-hydrogen) atoms. The molecule has 0 saturated heterocycles. The summed E-state index contributed by atoms with van der Waals surface area (Å²) in [6, 6.07) is 5.60. The summed E-state index contributed by atoms with van der Waals surface area (Å²) >= 11 is 0.105. The second kappa shape index (κ2) is 9.63. The minimum atomic E-state index is -1.68. The van der Waals surface area contributed by atoms with Gasteiger partial charge < -0.3 is 5.11 Å². The first-order chi connectivity index (χ1) is 14.9. The van der Waals surface area contributed by atoms with Gasteiger partial charge in [0.2, 0.25) is 0 Å². The van der Waals surface area contributed by atoms with Crippen LogP contribution in [0.2, 0.25) is 0 Å². The van der Waals surface area contributed by atoms with Crippen LogP contribution in [0.25, 0.3) is 0 Å². The molecule has 0 spiro atoms. The molecule has 1 unspecified atom stereocenters. The number of carbonyl (C=O) groups excluding carboxylic acids is 1. The summed E-state index contributed by atoms with van der Waals surface area (Å²) in [5.74, 6) is -4.54. The van der Waals surface area contributed by atoms with Crippen molar-refractivity contribution in [3.63, 3.8) is 0 Å². The van der Waals surface area contributed by atoms with Gasteiger partial charge in [-0.3, -0.25) is 0 Å². The van der Waals surface area contributed by atoms with Gasteiger partial charge in [0.25, 0.3) is 0 Å². The average molecular weight is 540 g/mol. The molecule has 1 amide bonds. The molecule has 1 heterocycles. The molecule has 2 N–H and O–H groups in total. The summed E-state index contributed by atoms with van der Waals surface area (Å²) in [4.78, 5) is 23.9. The number of hydrogen-bond donors (Lipinski definition) is 2. The van der Waals surface area contributed by atoms with E-state index in [0.717, 1.165) is 37.8 Å². The van der Waals surface area contributed by atoms with E-state index < -0.39 is 29.1 Å². The van der Waals surface area contributed by atoms with Crippen LogP contribution in [0, 0.1) is 11.6 Å². The number of aryl methyl sites for hydroxylation is 2. The number of carbonyl (C=O) groups is 2. The Hall–Kier alpha value is -2.03. The predicted octanol–water partition coefficient (Wildman–Crippen LogP) is 2.50. The van der Waals surface area contributed by atoms with Crippen molar-refractivity contribution in [1.29, 1.82) is 0 Å². The van der Waals surface area contributed by atoms with Crippen molar-refractivity contribution in [1.82, 2.24) is 0 Å². The van der Waals surface area contributed by atoms with E-state index in [4.69, 9.17) is 5.11 Å². The molecular formula is C24H25F2INO3-. The van der Waals surface area contributed by atoms with Gasteiger partial charge in [-0.25, -0.2) is 4.79 Å².